The van der Waals surface area contributed by atoms with Crippen LogP contribution < -0.4 is 5.62 Å². The van der Waals surface area contributed by atoms with Gasteiger partial charge in [0.2, 0.25) is 11.5 Å². The molecule has 122 valence electrons. The summed E-state index contributed by atoms with van der Waals surface area (Å²) in [6.07, 6.45) is 4.15. The lowest BCUT2D eigenvalue weighted by Crippen LogP contribution is -2.29. The number of imidazole rings is 1. The Kier molecular flexibility index (Phi) is 4.40. The Bertz CT molecular complexity index is 994. The summed E-state index contributed by atoms with van der Waals surface area (Å²) in [5.74, 6) is -0.134. The molecule has 0 spiro atoms. The highest BCUT2D eigenvalue weighted by atomic mass is 35.5. The van der Waals surface area contributed by atoms with Crippen LogP contribution in [-0.2, 0) is 13.5 Å². The van der Waals surface area contributed by atoms with Gasteiger partial charge in [-0.05, 0) is 30.7 Å². The van der Waals surface area contributed by atoms with Crippen LogP contribution in [-0.4, -0.2) is 15.0 Å². The fraction of sp³-hybridized carbons (Fsp3) is 0.158. The number of nitrogens with zero attached hydrogens (tertiary/aromatic N) is 2. The maximum atomic E-state index is 12.8. The van der Waals surface area contributed by atoms with Gasteiger partial charge < -0.3 is 4.57 Å². The standard InChI is InChI=1S/C19H18ClN3O/c1-3-5-14-6-4-7-16-18(14)22(2)19(21)23(16)17(24)12-13-8-10-15(20)11-9-13/h3-11,21H,12H2,1-2H3. The Balaban J connectivity index is 2.11. The molecule has 0 aliphatic rings. The summed E-state index contributed by atoms with van der Waals surface area (Å²) in [6, 6.07) is 13.0. The summed E-state index contributed by atoms with van der Waals surface area (Å²) in [4.78, 5) is 12.8. The first kappa shape index (κ1) is 16.3. The highest BCUT2D eigenvalue weighted by Crippen LogP contribution is 2.19. The van der Waals surface area contributed by atoms with Gasteiger partial charge in [-0.15, -0.1) is 0 Å². The first-order valence-electron chi connectivity index (χ1n) is 7.68. The number of nitrogens with one attached hydrogen (secondary N) is 1. The largest absolute Gasteiger partial charge is 0.313 e. The minimum absolute atomic E-state index is 0.134. The van der Waals surface area contributed by atoms with E-state index in [0.717, 1.165) is 22.2 Å². The third kappa shape index (κ3) is 2.81. The summed E-state index contributed by atoms with van der Waals surface area (Å²) in [6.45, 7) is 1.95. The molecule has 0 bridgehead atoms. The maximum absolute atomic E-state index is 12.8. The number of rotatable bonds is 3. The van der Waals surface area contributed by atoms with Gasteiger partial charge in [-0.2, -0.15) is 0 Å². The summed E-state index contributed by atoms with van der Waals surface area (Å²) in [7, 11) is 1.81. The molecule has 0 unspecified atom stereocenters. The van der Waals surface area contributed by atoms with Gasteiger partial charge in [0.25, 0.3) is 0 Å². The van der Waals surface area contributed by atoms with Crippen LogP contribution in [0.2, 0.25) is 5.02 Å². The Morgan fingerprint density at radius 2 is 1.92 bits per heavy atom. The van der Waals surface area contributed by atoms with Crippen molar-refractivity contribution in [3.05, 3.63) is 70.3 Å². The summed E-state index contributed by atoms with van der Waals surface area (Å²) < 4.78 is 3.21. The van der Waals surface area contributed by atoms with E-state index in [9.17, 15) is 4.79 Å². The SMILES string of the molecule is CC=Cc1cccc2c1n(C)c(=N)n2C(=O)Cc1ccc(Cl)cc1. The van der Waals surface area contributed by atoms with Crippen LogP contribution in [0.25, 0.3) is 17.1 Å². The van der Waals surface area contributed by atoms with Crippen LogP contribution in [0.1, 0.15) is 22.8 Å². The van der Waals surface area contributed by atoms with Crippen LogP contribution in [0.5, 0.6) is 0 Å². The smallest absolute Gasteiger partial charge is 0.238 e. The van der Waals surface area contributed by atoms with Crippen molar-refractivity contribution in [2.75, 3.05) is 0 Å². The predicted molar refractivity (Wildman–Crippen MR) is 97.3 cm³/mol. The van der Waals surface area contributed by atoms with Crippen molar-refractivity contribution in [1.82, 2.24) is 9.13 Å². The van der Waals surface area contributed by atoms with Crippen LogP contribution >= 0.6 is 11.6 Å². The molecule has 5 heteroatoms. The molecule has 1 heterocycles. The molecule has 0 aliphatic carbocycles. The molecule has 0 atom stereocenters. The van der Waals surface area contributed by atoms with E-state index in [-0.39, 0.29) is 17.9 Å². The number of carbonyl (C=O) groups excluding carboxylic acids is 1. The number of para-hydroxylation sites is 1. The van der Waals surface area contributed by atoms with Gasteiger partial charge in [-0.3, -0.25) is 10.2 Å². The van der Waals surface area contributed by atoms with Crippen molar-refractivity contribution in [2.45, 2.75) is 13.3 Å². The van der Waals surface area contributed by atoms with Crippen molar-refractivity contribution < 1.29 is 4.79 Å². The molecule has 0 saturated heterocycles. The molecule has 3 rings (SSSR count). The van der Waals surface area contributed by atoms with Crippen molar-refractivity contribution in [3.8, 4) is 0 Å². The number of hydrogen-bond donors (Lipinski definition) is 1. The third-order valence-electron chi connectivity index (χ3n) is 4.02. The second kappa shape index (κ2) is 6.49. The average molecular weight is 340 g/mol. The van der Waals surface area contributed by atoms with E-state index in [1.807, 2.05) is 56.5 Å². The Labute approximate surface area is 145 Å². The number of aromatic nitrogens is 2. The van der Waals surface area contributed by atoms with Crippen LogP contribution in [0.4, 0.5) is 0 Å². The summed E-state index contributed by atoms with van der Waals surface area (Å²) in [5.41, 5.74) is 3.66. The maximum Gasteiger partial charge on any atom is 0.238 e. The number of halogens is 1. The molecule has 2 aromatic carbocycles. The number of fused-ring (bicyclic) bond motifs is 1. The lowest BCUT2D eigenvalue weighted by molar-refractivity contribution is 0.0912. The van der Waals surface area contributed by atoms with Crippen LogP contribution in [0.15, 0.2) is 48.5 Å². The second-order valence-electron chi connectivity index (χ2n) is 5.63. The van der Waals surface area contributed by atoms with Crippen molar-refractivity contribution in [3.63, 3.8) is 0 Å². The van der Waals surface area contributed by atoms with Gasteiger partial charge in [0.05, 0.1) is 17.5 Å². The Morgan fingerprint density at radius 1 is 1.21 bits per heavy atom. The molecule has 0 radical (unpaired) electrons. The highest BCUT2D eigenvalue weighted by Gasteiger charge is 2.16. The Hall–Kier alpha value is -2.59. The first-order chi connectivity index (χ1) is 11.5. The molecule has 24 heavy (non-hydrogen) atoms. The average Bonchev–Trinajstić information content (AvgIpc) is 2.82. The summed E-state index contributed by atoms with van der Waals surface area (Å²) >= 11 is 5.89. The zero-order chi connectivity index (χ0) is 17.3. The Morgan fingerprint density at radius 3 is 2.58 bits per heavy atom. The van der Waals surface area contributed by atoms with Gasteiger partial charge in [0.15, 0.2) is 0 Å². The molecule has 4 nitrogen and oxygen atoms in total. The van der Waals surface area contributed by atoms with E-state index in [1.54, 1.807) is 16.7 Å². The fourth-order valence-electron chi connectivity index (χ4n) is 2.89. The van der Waals surface area contributed by atoms with Gasteiger partial charge >= 0.3 is 0 Å². The third-order valence-corrected chi connectivity index (χ3v) is 4.27. The van der Waals surface area contributed by atoms with E-state index < -0.39 is 0 Å². The number of allylic oxidation sites excluding steroid dienone is 1. The van der Waals surface area contributed by atoms with E-state index in [0.29, 0.717) is 5.02 Å². The molecule has 3 aromatic rings. The minimum Gasteiger partial charge on any atom is -0.313 e. The molecule has 0 amide bonds. The van der Waals surface area contributed by atoms with Gasteiger partial charge in [0, 0.05) is 17.6 Å². The van der Waals surface area contributed by atoms with Crippen LogP contribution in [0.3, 0.4) is 0 Å². The predicted octanol–water partition coefficient (Wildman–Crippen LogP) is 4.03. The molecular weight excluding hydrogens is 322 g/mol. The molecular formula is C19H18ClN3O. The molecule has 1 N–H and O–H groups in total. The first-order valence-corrected chi connectivity index (χ1v) is 8.06. The van der Waals surface area contributed by atoms with Crippen LogP contribution in [0, 0.1) is 5.41 Å². The normalized spacial score (nSPS) is 11.5. The highest BCUT2D eigenvalue weighted by molar-refractivity contribution is 6.30. The molecule has 0 fully saturated rings. The van der Waals surface area contributed by atoms with E-state index in [2.05, 4.69) is 0 Å². The number of aryl methyl sites for hydroxylation is 1. The van der Waals surface area contributed by atoms with Crippen molar-refractivity contribution in [2.24, 2.45) is 7.05 Å². The second-order valence-corrected chi connectivity index (χ2v) is 6.07. The minimum atomic E-state index is -0.134. The van der Waals surface area contributed by atoms with E-state index in [1.165, 1.54) is 4.57 Å². The van der Waals surface area contributed by atoms with E-state index >= 15 is 0 Å². The fourth-order valence-corrected chi connectivity index (χ4v) is 3.01. The number of benzene rings is 2. The van der Waals surface area contributed by atoms with E-state index in [4.69, 9.17) is 17.0 Å². The summed E-state index contributed by atoms with van der Waals surface area (Å²) in [5, 5.41) is 8.98. The quantitative estimate of drug-likeness (QED) is 0.769. The lowest BCUT2D eigenvalue weighted by Gasteiger charge is -2.04. The number of carbonyl (C=O) groups is 1. The van der Waals surface area contributed by atoms with Crippen molar-refractivity contribution in [1.29, 1.82) is 5.41 Å². The zero-order valence-corrected chi connectivity index (χ0v) is 14.3. The molecule has 0 aliphatic heterocycles. The van der Waals surface area contributed by atoms with Crippen molar-refractivity contribution >= 4 is 34.6 Å². The van der Waals surface area contributed by atoms with Gasteiger partial charge in [0.1, 0.15) is 0 Å². The lowest BCUT2D eigenvalue weighted by atomic mass is 10.1. The number of hydrogen-bond acceptors (Lipinski definition) is 2. The monoisotopic (exact) mass is 339 g/mol. The van der Waals surface area contributed by atoms with Gasteiger partial charge in [-0.1, -0.05) is 48.0 Å². The topological polar surface area (TPSA) is 50.8 Å². The van der Waals surface area contributed by atoms with Gasteiger partial charge in [-0.25, -0.2) is 4.57 Å². The molecule has 1 aromatic heterocycles. The molecule has 0 saturated carbocycles. The zero-order valence-electron chi connectivity index (χ0n) is 13.6.